The second-order valence-electron chi connectivity index (χ2n) is 2.01. The highest BCUT2D eigenvalue weighted by Gasteiger charge is 2.04. The molecule has 0 fully saturated rings. The van der Waals surface area contributed by atoms with E-state index >= 15 is 0 Å². The predicted molar refractivity (Wildman–Crippen MR) is 47.5 cm³/mol. The number of aromatic nitrogens is 1. The lowest BCUT2D eigenvalue weighted by Crippen LogP contribution is -2.12. The first-order valence-corrected chi connectivity index (χ1v) is 4.03. The number of nitrogens with two attached hydrogens (primary N) is 1. The molecule has 7 nitrogen and oxygen atoms in total. The molecular weight excluding hydrogens is 192 g/mol. The van der Waals surface area contributed by atoms with Gasteiger partial charge in [-0.15, -0.1) is 11.3 Å². The molecule has 0 saturated heterocycles. The van der Waals surface area contributed by atoms with E-state index < -0.39 is 0 Å². The van der Waals surface area contributed by atoms with Crippen LogP contribution in [0, 0.1) is 0 Å². The van der Waals surface area contributed by atoms with Gasteiger partial charge in [-0.2, -0.15) is 0 Å². The third kappa shape index (κ3) is 2.32. The summed E-state index contributed by atoms with van der Waals surface area (Å²) in [7, 11) is 0. The molecule has 0 saturated carbocycles. The molecule has 1 heterocycles. The largest absolute Gasteiger partial charge is 0.409 e. The average molecular weight is 198 g/mol. The van der Waals surface area contributed by atoms with Crippen molar-refractivity contribution in [1.29, 1.82) is 0 Å². The standard InChI is InChI=1S/C5H6N6OS/c6-4(10-12)5-8-1-3(13-5)2-9-11-7/h1,12H,2H2,(H2,6,10). The molecular formula is C5H6N6OS. The molecule has 3 N–H and O–H groups in total. The molecule has 0 bridgehead atoms. The number of amidine groups is 1. The molecule has 13 heavy (non-hydrogen) atoms. The van der Waals surface area contributed by atoms with Crippen LogP contribution in [-0.4, -0.2) is 16.0 Å². The summed E-state index contributed by atoms with van der Waals surface area (Å²) in [5.74, 6) is -0.0443. The molecule has 0 spiro atoms. The number of thiazole rings is 1. The van der Waals surface area contributed by atoms with E-state index in [1.165, 1.54) is 17.5 Å². The Bertz CT molecular complexity index is 365. The van der Waals surface area contributed by atoms with Crippen molar-refractivity contribution in [2.75, 3.05) is 0 Å². The fourth-order valence-electron chi connectivity index (χ4n) is 0.643. The summed E-state index contributed by atoms with van der Waals surface area (Å²) in [6.45, 7) is 0.229. The lowest BCUT2D eigenvalue weighted by atomic mass is 10.6. The number of azide groups is 1. The monoisotopic (exact) mass is 198 g/mol. The topological polar surface area (TPSA) is 120 Å². The summed E-state index contributed by atoms with van der Waals surface area (Å²) < 4.78 is 0. The summed E-state index contributed by atoms with van der Waals surface area (Å²) in [4.78, 5) is 7.22. The average Bonchev–Trinajstić information content (AvgIpc) is 2.62. The highest BCUT2D eigenvalue weighted by atomic mass is 32.1. The van der Waals surface area contributed by atoms with E-state index in [2.05, 4.69) is 20.2 Å². The molecule has 68 valence electrons. The van der Waals surface area contributed by atoms with Gasteiger partial charge in [-0.25, -0.2) is 4.98 Å². The van der Waals surface area contributed by atoms with Crippen molar-refractivity contribution in [2.24, 2.45) is 16.0 Å². The smallest absolute Gasteiger partial charge is 0.199 e. The van der Waals surface area contributed by atoms with Crippen molar-refractivity contribution in [3.8, 4) is 0 Å². The van der Waals surface area contributed by atoms with Crippen LogP contribution in [0.4, 0.5) is 0 Å². The van der Waals surface area contributed by atoms with Crippen LogP contribution in [-0.2, 0) is 6.54 Å². The number of hydrogen-bond donors (Lipinski definition) is 2. The first-order valence-electron chi connectivity index (χ1n) is 3.21. The van der Waals surface area contributed by atoms with Crippen molar-refractivity contribution in [3.05, 3.63) is 26.5 Å². The Kier molecular flexibility index (Phi) is 3.07. The fraction of sp³-hybridized carbons (Fsp3) is 0.200. The van der Waals surface area contributed by atoms with Gasteiger partial charge in [0, 0.05) is 16.0 Å². The Morgan fingerprint density at radius 3 is 3.23 bits per heavy atom. The number of rotatable bonds is 3. The zero-order valence-electron chi connectivity index (χ0n) is 6.45. The molecule has 0 aliphatic carbocycles. The van der Waals surface area contributed by atoms with Crippen LogP contribution in [0.2, 0.25) is 0 Å². The highest BCUT2D eigenvalue weighted by Crippen LogP contribution is 2.13. The minimum Gasteiger partial charge on any atom is -0.409 e. The SMILES string of the molecule is [N-]=[N+]=NCc1cnc(/C(N)=N/O)s1. The van der Waals surface area contributed by atoms with E-state index in [1.54, 1.807) is 0 Å². The highest BCUT2D eigenvalue weighted by molar-refractivity contribution is 7.13. The lowest BCUT2D eigenvalue weighted by molar-refractivity contribution is 0.318. The predicted octanol–water partition coefficient (Wildman–Crippen LogP) is 1.05. The molecule has 0 aliphatic heterocycles. The fourth-order valence-corrected chi connectivity index (χ4v) is 1.37. The Morgan fingerprint density at radius 2 is 2.62 bits per heavy atom. The molecule has 1 aromatic heterocycles. The van der Waals surface area contributed by atoms with E-state index in [-0.39, 0.29) is 12.4 Å². The van der Waals surface area contributed by atoms with E-state index in [0.29, 0.717) is 5.01 Å². The molecule has 0 unspecified atom stereocenters. The summed E-state index contributed by atoms with van der Waals surface area (Å²) in [6.07, 6.45) is 1.52. The van der Waals surface area contributed by atoms with E-state index in [1.807, 2.05) is 0 Å². The van der Waals surface area contributed by atoms with Crippen LogP contribution in [0.25, 0.3) is 10.4 Å². The zero-order chi connectivity index (χ0) is 9.68. The maximum Gasteiger partial charge on any atom is 0.199 e. The molecule has 1 aromatic rings. The van der Waals surface area contributed by atoms with E-state index in [4.69, 9.17) is 16.5 Å². The van der Waals surface area contributed by atoms with Crippen LogP contribution in [0.3, 0.4) is 0 Å². The minimum atomic E-state index is -0.0443. The van der Waals surface area contributed by atoms with Crippen molar-refractivity contribution in [2.45, 2.75) is 6.54 Å². The van der Waals surface area contributed by atoms with Gasteiger partial charge in [0.2, 0.25) is 0 Å². The Hall–Kier alpha value is -1.79. The third-order valence-corrected chi connectivity index (χ3v) is 2.17. The summed E-state index contributed by atoms with van der Waals surface area (Å²) in [5, 5.41) is 14.9. The summed E-state index contributed by atoms with van der Waals surface area (Å²) in [6, 6.07) is 0. The van der Waals surface area contributed by atoms with Gasteiger partial charge in [0.25, 0.3) is 0 Å². The normalized spacial score (nSPS) is 10.9. The Morgan fingerprint density at radius 1 is 1.85 bits per heavy atom. The van der Waals surface area contributed by atoms with Crippen molar-refractivity contribution in [1.82, 2.24) is 4.98 Å². The molecule has 0 radical (unpaired) electrons. The summed E-state index contributed by atoms with van der Waals surface area (Å²) in [5.41, 5.74) is 13.3. The van der Waals surface area contributed by atoms with Crippen LogP contribution < -0.4 is 5.73 Å². The molecule has 0 aromatic carbocycles. The Balaban J connectivity index is 2.80. The van der Waals surface area contributed by atoms with Crippen LogP contribution in [0.5, 0.6) is 0 Å². The number of hydrogen-bond acceptors (Lipinski definition) is 5. The van der Waals surface area contributed by atoms with Gasteiger partial charge in [0.1, 0.15) is 0 Å². The number of oxime groups is 1. The van der Waals surface area contributed by atoms with Gasteiger partial charge in [0.05, 0.1) is 6.54 Å². The second-order valence-corrected chi connectivity index (χ2v) is 3.12. The van der Waals surface area contributed by atoms with Crippen LogP contribution >= 0.6 is 11.3 Å². The second kappa shape index (κ2) is 4.29. The van der Waals surface area contributed by atoms with Crippen LogP contribution in [0.15, 0.2) is 16.5 Å². The van der Waals surface area contributed by atoms with Crippen molar-refractivity contribution in [3.63, 3.8) is 0 Å². The van der Waals surface area contributed by atoms with E-state index in [9.17, 15) is 0 Å². The first-order chi connectivity index (χ1) is 6.27. The molecule has 8 heteroatoms. The third-order valence-electron chi connectivity index (χ3n) is 1.17. The van der Waals surface area contributed by atoms with Crippen molar-refractivity contribution >= 4 is 17.2 Å². The minimum absolute atomic E-state index is 0.0443. The van der Waals surface area contributed by atoms with Gasteiger partial charge in [-0.3, -0.25) is 0 Å². The zero-order valence-corrected chi connectivity index (χ0v) is 7.27. The van der Waals surface area contributed by atoms with Crippen molar-refractivity contribution < 1.29 is 5.21 Å². The Labute approximate surface area is 77.1 Å². The number of nitrogens with zero attached hydrogens (tertiary/aromatic N) is 5. The van der Waals surface area contributed by atoms with Crippen LogP contribution in [0.1, 0.15) is 9.88 Å². The van der Waals surface area contributed by atoms with Gasteiger partial charge in [-0.1, -0.05) is 10.3 Å². The molecule has 0 aliphatic rings. The quantitative estimate of drug-likeness (QED) is 0.143. The lowest BCUT2D eigenvalue weighted by Gasteiger charge is -1.87. The van der Waals surface area contributed by atoms with E-state index in [0.717, 1.165) is 4.88 Å². The van der Waals surface area contributed by atoms with Gasteiger partial charge in [0.15, 0.2) is 10.8 Å². The van der Waals surface area contributed by atoms with Gasteiger partial charge < -0.3 is 10.9 Å². The molecule has 0 atom stereocenters. The molecule has 0 amide bonds. The summed E-state index contributed by atoms with van der Waals surface area (Å²) >= 11 is 1.21. The maximum atomic E-state index is 8.32. The first kappa shape index (κ1) is 9.30. The molecule has 1 rings (SSSR count). The van der Waals surface area contributed by atoms with Gasteiger partial charge >= 0.3 is 0 Å². The maximum absolute atomic E-state index is 8.32. The van der Waals surface area contributed by atoms with Gasteiger partial charge in [-0.05, 0) is 5.53 Å².